The van der Waals surface area contributed by atoms with Crippen molar-refractivity contribution in [1.82, 2.24) is 0 Å². The van der Waals surface area contributed by atoms with Gasteiger partial charge in [0.25, 0.3) is 0 Å². The second-order valence-corrected chi connectivity index (χ2v) is 4.19. The Morgan fingerprint density at radius 2 is 2.00 bits per heavy atom. The molecule has 4 unspecified atom stereocenters. The van der Waals surface area contributed by atoms with Gasteiger partial charge in [0.1, 0.15) is 0 Å². The van der Waals surface area contributed by atoms with Crippen molar-refractivity contribution in [1.29, 1.82) is 0 Å². The molecule has 2 aliphatic rings. The lowest BCUT2D eigenvalue weighted by Crippen LogP contribution is -2.30. The van der Waals surface area contributed by atoms with E-state index in [1.807, 2.05) is 0 Å². The molecule has 0 amide bonds. The van der Waals surface area contributed by atoms with E-state index in [2.05, 4.69) is 20.4 Å². The summed E-state index contributed by atoms with van der Waals surface area (Å²) in [6.07, 6.45) is 2.85. The van der Waals surface area contributed by atoms with E-state index in [1.165, 1.54) is 12.8 Å². The Hall–Kier alpha value is -0.260. The molecule has 2 aliphatic carbocycles. The molecule has 56 valence electrons. The summed E-state index contributed by atoms with van der Waals surface area (Å²) in [4.78, 5) is 0. The molecule has 2 saturated carbocycles. The molecular weight excluding hydrogens is 120 g/mol. The van der Waals surface area contributed by atoms with Crippen LogP contribution in [-0.2, 0) is 0 Å². The van der Waals surface area contributed by atoms with E-state index in [4.69, 9.17) is 0 Å². The Morgan fingerprint density at radius 1 is 1.30 bits per heavy atom. The van der Waals surface area contributed by atoms with Gasteiger partial charge in [0.05, 0.1) is 0 Å². The minimum absolute atomic E-state index is 0.819. The summed E-state index contributed by atoms with van der Waals surface area (Å²) in [6.45, 7) is 8.86. The van der Waals surface area contributed by atoms with Crippen molar-refractivity contribution in [3.63, 3.8) is 0 Å². The van der Waals surface area contributed by atoms with Crippen LogP contribution in [0.1, 0.15) is 26.7 Å². The Kier molecular flexibility index (Phi) is 1.21. The Balaban J connectivity index is 2.13. The second-order valence-electron chi connectivity index (χ2n) is 4.19. The van der Waals surface area contributed by atoms with Crippen molar-refractivity contribution < 1.29 is 0 Å². The van der Waals surface area contributed by atoms with Crippen LogP contribution in [0.15, 0.2) is 12.2 Å². The van der Waals surface area contributed by atoms with E-state index in [1.54, 1.807) is 5.57 Å². The third-order valence-electron chi connectivity index (χ3n) is 3.61. The third-order valence-corrected chi connectivity index (χ3v) is 3.61. The number of fused-ring (bicyclic) bond motifs is 1. The molecule has 0 bridgehead atoms. The highest BCUT2D eigenvalue weighted by molar-refractivity contribution is 5.18. The quantitative estimate of drug-likeness (QED) is 0.449. The van der Waals surface area contributed by atoms with Crippen LogP contribution in [0.4, 0.5) is 0 Å². The normalized spacial score (nSPS) is 52.4. The average Bonchev–Trinajstić information content (AvgIpc) is 2.12. The smallest absolute Gasteiger partial charge is 0.0169 e. The highest BCUT2D eigenvalue weighted by atomic mass is 14.5. The zero-order valence-corrected chi connectivity index (χ0v) is 6.93. The van der Waals surface area contributed by atoms with E-state index >= 15 is 0 Å². The summed E-state index contributed by atoms with van der Waals surface area (Å²) < 4.78 is 0. The predicted molar refractivity (Wildman–Crippen MR) is 43.7 cm³/mol. The highest BCUT2D eigenvalue weighted by Crippen LogP contribution is 2.55. The molecule has 0 spiro atoms. The summed E-state index contributed by atoms with van der Waals surface area (Å²) in [5.74, 6) is 3.75. The maximum absolute atomic E-state index is 4.15. The van der Waals surface area contributed by atoms with Gasteiger partial charge in [0.15, 0.2) is 0 Å². The van der Waals surface area contributed by atoms with Gasteiger partial charge in [0.2, 0.25) is 0 Å². The molecule has 0 nitrogen and oxygen atoms in total. The fraction of sp³-hybridized carbons (Fsp3) is 0.800. The molecule has 4 atom stereocenters. The minimum atomic E-state index is 0.819. The molecule has 0 N–H and O–H groups in total. The average molecular weight is 136 g/mol. The standard InChI is InChI=1S/C10H16/c1-6-4-9-7(2)5-10(9)8(6)3/h6-7,9-10H,3-5H2,1-2H3. The van der Waals surface area contributed by atoms with Crippen LogP contribution in [0.25, 0.3) is 0 Å². The lowest BCUT2D eigenvalue weighted by molar-refractivity contribution is 0.140. The van der Waals surface area contributed by atoms with Gasteiger partial charge < -0.3 is 0 Å². The first-order valence-corrected chi connectivity index (χ1v) is 4.39. The zero-order valence-electron chi connectivity index (χ0n) is 6.93. The molecule has 0 heteroatoms. The van der Waals surface area contributed by atoms with E-state index in [9.17, 15) is 0 Å². The van der Waals surface area contributed by atoms with Gasteiger partial charge in [-0.2, -0.15) is 0 Å². The van der Waals surface area contributed by atoms with Gasteiger partial charge in [-0.15, -0.1) is 0 Å². The number of allylic oxidation sites excluding steroid dienone is 1. The van der Waals surface area contributed by atoms with Crippen molar-refractivity contribution in [2.75, 3.05) is 0 Å². The first-order chi connectivity index (χ1) is 4.70. The fourth-order valence-electron chi connectivity index (χ4n) is 2.70. The second kappa shape index (κ2) is 1.87. The summed E-state index contributed by atoms with van der Waals surface area (Å²) in [5.41, 5.74) is 1.54. The minimum Gasteiger partial charge on any atom is -0.0993 e. The van der Waals surface area contributed by atoms with Gasteiger partial charge in [-0.05, 0) is 36.5 Å². The predicted octanol–water partition coefficient (Wildman–Crippen LogP) is 2.85. The fourth-order valence-corrected chi connectivity index (χ4v) is 2.70. The molecule has 0 aromatic heterocycles. The molecule has 0 aliphatic heterocycles. The molecule has 2 rings (SSSR count). The largest absolute Gasteiger partial charge is 0.0993 e. The van der Waals surface area contributed by atoms with Crippen molar-refractivity contribution >= 4 is 0 Å². The lowest BCUT2D eigenvalue weighted by atomic mass is 9.67. The maximum atomic E-state index is 4.15. The number of hydrogen-bond acceptors (Lipinski definition) is 0. The monoisotopic (exact) mass is 136 g/mol. The van der Waals surface area contributed by atoms with Crippen molar-refractivity contribution in [2.45, 2.75) is 26.7 Å². The van der Waals surface area contributed by atoms with Gasteiger partial charge in [-0.3, -0.25) is 0 Å². The highest BCUT2D eigenvalue weighted by Gasteiger charge is 2.46. The van der Waals surface area contributed by atoms with E-state index in [-0.39, 0.29) is 0 Å². The Bertz CT molecular complexity index is 169. The molecule has 10 heavy (non-hydrogen) atoms. The van der Waals surface area contributed by atoms with Crippen LogP contribution >= 0.6 is 0 Å². The topological polar surface area (TPSA) is 0 Å². The van der Waals surface area contributed by atoms with Gasteiger partial charge in [-0.1, -0.05) is 26.0 Å². The summed E-state index contributed by atoms with van der Waals surface area (Å²) >= 11 is 0. The van der Waals surface area contributed by atoms with Crippen LogP contribution in [0, 0.1) is 23.7 Å². The van der Waals surface area contributed by atoms with Gasteiger partial charge in [-0.25, -0.2) is 0 Å². The molecular formula is C10H16. The molecule has 0 saturated heterocycles. The van der Waals surface area contributed by atoms with Gasteiger partial charge in [0, 0.05) is 0 Å². The molecule has 0 heterocycles. The lowest BCUT2D eigenvalue weighted by Gasteiger charge is -2.38. The van der Waals surface area contributed by atoms with Crippen LogP contribution in [-0.4, -0.2) is 0 Å². The third kappa shape index (κ3) is 0.624. The van der Waals surface area contributed by atoms with Crippen LogP contribution in [0.3, 0.4) is 0 Å². The van der Waals surface area contributed by atoms with E-state index in [0.29, 0.717) is 0 Å². The molecule has 0 aromatic rings. The summed E-state index contributed by atoms with van der Waals surface area (Å²) in [7, 11) is 0. The maximum Gasteiger partial charge on any atom is -0.0169 e. The Labute approximate surface area is 63.3 Å². The number of hydrogen-bond donors (Lipinski definition) is 0. The first-order valence-electron chi connectivity index (χ1n) is 4.39. The van der Waals surface area contributed by atoms with Gasteiger partial charge >= 0.3 is 0 Å². The van der Waals surface area contributed by atoms with Crippen molar-refractivity contribution in [3.05, 3.63) is 12.2 Å². The molecule has 0 radical (unpaired) electrons. The van der Waals surface area contributed by atoms with Crippen molar-refractivity contribution in [3.8, 4) is 0 Å². The summed E-state index contributed by atoms with van der Waals surface area (Å²) in [5, 5.41) is 0. The van der Waals surface area contributed by atoms with Crippen LogP contribution in [0.5, 0.6) is 0 Å². The van der Waals surface area contributed by atoms with E-state index < -0.39 is 0 Å². The SMILES string of the molecule is C=C1C(C)CC2C(C)CC12. The van der Waals surface area contributed by atoms with Crippen LogP contribution in [0.2, 0.25) is 0 Å². The van der Waals surface area contributed by atoms with Crippen LogP contribution < -0.4 is 0 Å². The van der Waals surface area contributed by atoms with E-state index in [0.717, 1.165) is 23.7 Å². The molecule has 0 aromatic carbocycles. The first kappa shape index (κ1) is 6.45. The van der Waals surface area contributed by atoms with Crippen molar-refractivity contribution in [2.24, 2.45) is 23.7 Å². The summed E-state index contributed by atoms with van der Waals surface area (Å²) in [6, 6.07) is 0. The molecule has 2 fully saturated rings. The zero-order chi connectivity index (χ0) is 7.30. The Morgan fingerprint density at radius 3 is 2.40 bits per heavy atom. The number of rotatable bonds is 0.